The quantitative estimate of drug-likeness (QED) is 0.785. The van der Waals surface area contributed by atoms with E-state index in [1.165, 1.54) is 4.88 Å². The zero-order chi connectivity index (χ0) is 18.6. The molecule has 2 aromatic rings. The van der Waals surface area contributed by atoms with Crippen LogP contribution in [0.1, 0.15) is 22.0 Å². The first-order chi connectivity index (χ1) is 12.4. The third-order valence-electron chi connectivity index (χ3n) is 4.79. The van der Waals surface area contributed by atoms with Crippen molar-refractivity contribution in [2.75, 3.05) is 39.8 Å². The van der Waals surface area contributed by atoms with Gasteiger partial charge in [-0.15, -0.1) is 11.3 Å². The van der Waals surface area contributed by atoms with E-state index in [4.69, 9.17) is 0 Å². The summed E-state index contributed by atoms with van der Waals surface area (Å²) in [6.07, 6.45) is 0. The van der Waals surface area contributed by atoms with Crippen LogP contribution in [0.4, 0.5) is 0 Å². The molecule has 1 unspecified atom stereocenters. The Hall–Kier alpha value is -1.25. The van der Waals surface area contributed by atoms with Gasteiger partial charge >= 0.3 is 0 Å². The van der Waals surface area contributed by atoms with Crippen molar-refractivity contribution in [3.63, 3.8) is 0 Å². The highest BCUT2D eigenvalue weighted by molar-refractivity contribution is 7.88. The monoisotopic (exact) mass is 393 g/mol. The molecular formula is C19H27N3O2S2. The van der Waals surface area contributed by atoms with Crippen LogP contribution in [0.2, 0.25) is 0 Å². The zero-order valence-electron chi connectivity index (χ0n) is 15.4. The average Bonchev–Trinajstić information content (AvgIpc) is 3.10. The molecule has 2 heterocycles. The van der Waals surface area contributed by atoms with Crippen molar-refractivity contribution >= 4 is 21.4 Å². The second kappa shape index (κ2) is 8.63. The maximum atomic E-state index is 12.6. The number of benzene rings is 1. The third-order valence-corrected chi connectivity index (χ3v) is 7.08. The van der Waals surface area contributed by atoms with Crippen molar-refractivity contribution < 1.29 is 8.42 Å². The Bertz CT molecular complexity index is 798. The number of piperazine rings is 1. The maximum absolute atomic E-state index is 12.6. The molecule has 1 fully saturated rings. The molecule has 0 radical (unpaired) electrons. The van der Waals surface area contributed by atoms with Gasteiger partial charge in [0.1, 0.15) is 0 Å². The van der Waals surface area contributed by atoms with E-state index in [1.54, 1.807) is 11.3 Å². The van der Waals surface area contributed by atoms with E-state index in [2.05, 4.69) is 33.0 Å². The van der Waals surface area contributed by atoms with E-state index < -0.39 is 10.0 Å². The minimum atomic E-state index is -3.37. The summed E-state index contributed by atoms with van der Waals surface area (Å²) in [6, 6.07) is 11.9. The lowest BCUT2D eigenvalue weighted by atomic mass is 10.2. The second-order valence-corrected chi connectivity index (χ2v) is 9.75. The molecule has 0 aliphatic carbocycles. The van der Waals surface area contributed by atoms with Gasteiger partial charge in [0.05, 0.1) is 11.8 Å². The molecule has 0 amide bonds. The number of thiophene rings is 1. The highest BCUT2D eigenvalue weighted by Gasteiger charge is 2.26. The van der Waals surface area contributed by atoms with E-state index in [9.17, 15) is 8.42 Å². The summed E-state index contributed by atoms with van der Waals surface area (Å²) in [6.45, 7) is 6.33. The van der Waals surface area contributed by atoms with Gasteiger partial charge in [-0.05, 0) is 31.0 Å². The summed E-state index contributed by atoms with van der Waals surface area (Å²) in [7, 11) is -1.24. The standard InChI is InChI=1S/C19H27N3O2S2/c1-16-5-3-6-17(13-16)15-26(23,24)20-14-18(19-7-4-12-25-19)22-10-8-21(2)9-11-22/h3-7,12-13,18,20H,8-11,14-15H2,1-2H3. The van der Waals surface area contributed by atoms with Crippen LogP contribution >= 0.6 is 11.3 Å². The molecule has 26 heavy (non-hydrogen) atoms. The Labute approximate surface area is 160 Å². The summed E-state index contributed by atoms with van der Waals surface area (Å²) < 4.78 is 28.0. The average molecular weight is 394 g/mol. The number of nitrogens with one attached hydrogen (secondary N) is 1. The van der Waals surface area contributed by atoms with Gasteiger partial charge in [-0.2, -0.15) is 0 Å². The summed E-state index contributed by atoms with van der Waals surface area (Å²) in [5, 5.41) is 2.06. The van der Waals surface area contributed by atoms with Crippen LogP contribution in [0, 0.1) is 6.92 Å². The van der Waals surface area contributed by atoms with Crippen LogP contribution in [0.5, 0.6) is 0 Å². The minimum absolute atomic E-state index is 0.0224. The molecule has 0 bridgehead atoms. The van der Waals surface area contributed by atoms with E-state index in [0.717, 1.165) is 37.3 Å². The fraction of sp³-hybridized carbons (Fsp3) is 0.474. The van der Waals surface area contributed by atoms with Crippen LogP contribution in [-0.2, 0) is 15.8 Å². The first-order valence-corrected chi connectivity index (χ1v) is 11.4. The third kappa shape index (κ3) is 5.37. The van der Waals surface area contributed by atoms with Gasteiger partial charge in [0.2, 0.25) is 10.0 Å². The number of sulfonamides is 1. The molecule has 3 rings (SSSR count). The number of rotatable bonds is 7. The largest absolute Gasteiger partial charge is 0.304 e. The second-order valence-electron chi connectivity index (χ2n) is 6.97. The molecule has 1 aromatic carbocycles. The van der Waals surface area contributed by atoms with Gasteiger partial charge < -0.3 is 4.90 Å². The van der Waals surface area contributed by atoms with E-state index >= 15 is 0 Å². The van der Waals surface area contributed by atoms with E-state index in [1.807, 2.05) is 37.3 Å². The smallest absolute Gasteiger partial charge is 0.215 e. The first-order valence-electron chi connectivity index (χ1n) is 8.92. The lowest BCUT2D eigenvalue weighted by Gasteiger charge is -2.37. The fourth-order valence-corrected chi connectivity index (χ4v) is 5.30. The molecule has 1 aromatic heterocycles. The van der Waals surface area contributed by atoms with E-state index in [0.29, 0.717) is 6.54 Å². The van der Waals surface area contributed by atoms with Crippen molar-refractivity contribution in [2.45, 2.75) is 18.7 Å². The molecule has 1 saturated heterocycles. The Morgan fingerprint density at radius 3 is 2.58 bits per heavy atom. The lowest BCUT2D eigenvalue weighted by molar-refractivity contribution is 0.114. The molecular weight excluding hydrogens is 366 g/mol. The Morgan fingerprint density at radius 2 is 1.92 bits per heavy atom. The molecule has 0 spiro atoms. The molecule has 1 N–H and O–H groups in total. The number of nitrogens with zero attached hydrogens (tertiary/aromatic N) is 2. The molecule has 1 atom stereocenters. The molecule has 5 nitrogen and oxygen atoms in total. The molecule has 7 heteroatoms. The summed E-state index contributed by atoms with van der Waals surface area (Å²) in [5.74, 6) is 0.0224. The maximum Gasteiger partial charge on any atom is 0.215 e. The van der Waals surface area contributed by atoms with Gasteiger partial charge in [-0.1, -0.05) is 35.9 Å². The van der Waals surface area contributed by atoms with Crippen molar-refractivity contribution in [1.29, 1.82) is 0 Å². The molecule has 1 aliphatic heterocycles. The minimum Gasteiger partial charge on any atom is -0.304 e. The molecule has 142 valence electrons. The highest BCUT2D eigenvalue weighted by Crippen LogP contribution is 2.26. The summed E-state index contributed by atoms with van der Waals surface area (Å²) in [5.41, 5.74) is 1.90. The van der Waals surface area contributed by atoms with Crippen LogP contribution < -0.4 is 4.72 Å². The SMILES string of the molecule is Cc1cccc(CS(=O)(=O)NCC(c2cccs2)N2CCN(C)CC2)c1. The highest BCUT2D eigenvalue weighted by atomic mass is 32.2. The number of hydrogen-bond donors (Lipinski definition) is 1. The topological polar surface area (TPSA) is 52.7 Å². The number of hydrogen-bond acceptors (Lipinski definition) is 5. The Kier molecular flexibility index (Phi) is 6.47. The predicted octanol–water partition coefficient (Wildman–Crippen LogP) is 2.46. The van der Waals surface area contributed by atoms with Gasteiger partial charge in [0.15, 0.2) is 0 Å². The van der Waals surface area contributed by atoms with Gasteiger partial charge in [0, 0.05) is 37.6 Å². The van der Waals surface area contributed by atoms with Crippen LogP contribution in [-0.4, -0.2) is 58.0 Å². The van der Waals surface area contributed by atoms with Crippen molar-refractivity contribution in [2.24, 2.45) is 0 Å². The number of aryl methyl sites for hydroxylation is 1. The Balaban J connectivity index is 1.67. The first kappa shape index (κ1) is 19.5. The number of likely N-dealkylation sites (N-methyl/N-ethyl adjacent to an activating group) is 1. The van der Waals surface area contributed by atoms with Gasteiger partial charge in [0.25, 0.3) is 0 Å². The Morgan fingerprint density at radius 1 is 1.15 bits per heavy atom. The van der Waals surface area contributed by atoms with Crippen LogP contribution in [0.3, 0.4) is 0 Å². The van der Waals surface area contributed by atoms with Crippen LogP contribution in [0.15, 0.2) is 41.8 Å². The summed E-state index contributed by atoms with van der Waals surface area (Å²) in [4.78, 5) is 5.91. The van der Waals surface area contributed by atoms with Crippen molar-refractivity contribution in [3.05, 3.63) is 57.8 Å². The molecule has 0 saturated carbocycles. The lowest BCUT2D eigenvalue weighted by Crippen LogP contribution is -2.48. The van der Waals surface area contributed by atoms with Crippen molar-refractivity contribution in [3.8, 4) is 0 Å². The normalized spacial score (nSPS) is 18.1. The molecule has 1 aliphatic rings. The summed E-state index contributed by atoms with van der Waals surface area (Å²) >= 11 is 1.69. The van der Waals surface area contributed by atoms with Gasteiger partial charge in [-0.3, -0.25) is 4.90 Å². The van der Waals surface area contributed by atoms with E-state index in [-0.39, 0.29) is 11.8 Å². The predicted molar refractivity (Wildman–Crippen MR) is 108 cm³/mol. The zero-order valence-corrected chi connectivity index (χ0v) is 17.0. The van der Waals surface area contributed by atoms with Crippen molar-refractivity contribution in [1.82, 2.24) is 14.5 Å². The fourth-order valence-electron chi connectivity index (χ4n) is 3.30. The van der Waals surface area contributed by atoms with Crippen LogP contribution in [0.25, 0.3) is 0 Å². The van der Waals surface area contributed by atoms with Gasteiger partial charge in [-0.25, -0.2) is 13.1 Å².